The number of carbonyl (C=O) groups excluding carboxylic acids is 1. The molecule has 0 spiro atoms. The second-order valence-electron chi connectivity index (χ2n) is 9.17. The Morgan fingerprint density at radius 2 is 1.65 bits per heavy atom. The number of nitrogens with zero attached hydrogens (tertiary/aromatic N) is 3. The third-order valence-electron chi connectivity index (χ3n) is 6.53. The topological polar surface area (TPSA) is 65.5 Å². The second kappa shape index (κ2) is 13.0. The minimum Gasteiger partial charge on any atom is -0.391 e. The number of ether oxygens (including phenoxy) is 2. The van der Waals surface area contributed by atoms with Crippen molar-refractivity contribution in [2.24, 2.45) is 0 Å². The van der Waals surface area contributed by atoms with Crippen molar-refractivity contribution >= 4 is 5.91 Å². The van der Waals surface area contributed by atoms with Gasteiger partial charge in [0.15, 0.2) is 0 Å². The Kier molecular flexibility index (Phi) is 9.47. The lowest BCUT2D eigenvalue weighted by Crippen LogP contribution is -2.51. The van der Waals surface area contributed by atoms with Crippen LogP contribution in [0.4, 0.5) is 0 Å². The van der Waals surface area contributed by atoms with Crippen molar-refractivity contribution in [3.05, 3.63) is 71.8 Å². The van der Waals surface area contributed by atoms with Crippen molar-refractivity contribution in [3.63, 3.8) is 0 Å². The van der Waals surface area contributed by atoms with E-state index in [2.05, 4.69) is 9.80 Å². The quantitative estimate of drug-likeness (QED) is 0.575. The normalized spacial score (nSPS) is 20.7. The van der Waals surface area contributed by atoms with E-state index in [1.54, 1.807) is 0 Å². The second-order valence-corrected chi connectivity index (χ2v) is 9.17. The predicted octanol–water partition coefficient (Wildman–Crippen LogP) is 1.77. The van der Waals surface area contributed by atoms with Gasteiger partial charge in [-0.25, -0.2) is 0 Å². The van der Waals surface area contributed by atoms with Crippen LogP contribution < -0.4 is 0 Å². The molecule has 2 saturated heterocycles. The Bertz CT molecular complexity index is 861. The van der Waals surface area contributed by atoms with E-state index in [1.807, 2.05) is 65.6 Å². The predicted molar refractivity (Wildman–Crippen MR) is 132 cm³/mol. The summed E-state index contributed by atoms with van der Waals surface area (Å²) in [6.07, 6.45) is 0.139. The average Bonchev–Trinajstić information content (AvgIpc) is 2.88. The van der Waals surface area contributed by atoms with Crippen LogP contribution in [-0.2, 0) is 15.9 Å². The third-order valence-corrected chi connectivity index (χ3v) is 6.53. The molecule has 1 amide bonds. The summed E-state index contributed by atoms with van der Waals surface area (Å²) < 4.78 is 11.5. The van der Waals surface area contributed by atoms with E-state index < -0.39 is 6.10 Å². The van der Waals surface area contributed by atoms with Crippen molar-refractivity contribution in [2.45, 2.75) is 18.6 Å². The van der Waals surface area contributed by atoms with Crippen LogP contribution in [0, 0.1) is 0 Å². The largest absolute Gasteiger partial charge is 0.391 e. The number of hydrogen-bond acceptors (Lipinski definition) is 6. The van der Waals surface area contributed by atoms with Gasteiger partial charge in [-0.1, -0.05) is 48.5 Å². The van der Waals surface area contributed by atoms with Gasteiger partial charge in [0.05, 0.1) is 32.0 Å². The highest BCUT2D eigenvalue weighted by Gasteiger charge is 2.27. The molecule has 0 aliphatic carbocycles. The zero-order chi connectivity index (χ0) is 23.6. The molecule has 4 rings (SSSR count). The summed E-state index contributed by atoms with van der Waals surface area (Å²) >= 11 is 0. The molecule has 1 N–H and O–H groups in total. The van der Waals surface area contributed by atoms with Gasteiger partial charge in [0.2, 0.25) is 0 Å². The average molecular weight is 468 g/mol. The Morgan fingerprint density at radius 1 is 0.971 bits per heavy atom. The first-order chi connectivity index (χ1) is 16.7. The third kappa shape index (κ3) is 7.61. The lowest BCUT2D eigenvalue weighted by atomic mass is 10.1. The highest BCUT2D eigenvalue weighted by molar-refractivity contribution is 5.94. The molecule has 7 heteroatoms. The Labute approximate surface area is 202 Å². The van der Waals surface area contributed by atoms with Crippen LogP contribution in [0.25, 0.3) is 0 Å². The standard InChI is InChI=1S/C27H37N3O4/c31-25(19-23-7-3-1-4-8-23)20-29-15-18-34-26(21-29)22-30(12-11-28-13-16-33-17-14-28)27(32)24-9-5-2-6-10-24/h1-10,25-26,31H,11-22H2/t25-,26+/m0/s1. The molecule has 7 nitrogen and oxygen atoms in total. The van der Waals surface area contributed by atoms with Gasteiger partial charge in [-0.2, -0.15) is 0 Å². The molecule has 2 fully saturated rings. The van der Waals surface area contributed by atoms with Gasteiger partial charge in [0.1, 0.15) is 0 Å². The maximum atomic E-state index is 13.3. The number of amides is 1. The Balaban J connectivity index is 1.33. The molecule has 34 heavy (non-hydrogen) atoms. The maximum absolute atomic E-state index is 13.3. The summed E-state index contributed by atoms with van der Waals surface area (Å²) in [5.41, 5.74) is 1.85. The SMILES string of the molecule is O=C(c1ccccc1)N(CCN1CCOCC1)C[C@H]1CN(C[C@@H](O)Cc2ccccc2)CCO1. The van der Waals surface area contributed by atoms with Crippen LogP contribution >= 0.6 is 0 Å². The van der Waals surface area contributed by atoms with E-state index in [-0.39, 0.29) is 12.0 Å². The van der Waals surface area contributed by atoms with Crippen LogP contribution in [0.5, 0.6) is 0 Å². The Morgan fingerprint density at radius 3 is 2.38 bits per heavy atom. The van der Waals surface area contributed by atoms with Gasteiger partial charge in [0.25, 0.3) is 5.91 Å². The van der Waals surface area contributed by atoms with E-state index in [0.717, 1.165) is 45.0 Å². The number of carbonyl (C=O) groups is 1. The lowest BCUT2D eigenvalue weighted by Gasteiger charge is -2.37. The summed E-state index contributed by atoms with van der Waals surface area (Å²) in [6.45, 7) is 8.05. The number of aliphatic hydroxyl groups is 1. The van der Waals surface area contributed by atoms with E-state index in [1.165, 1.54) is 0 Å². The molecule has 2 heterocycles. The van der Waals surface area contributed by atoms with Crippen LogP contribution in [0.1, 0.15) is 15.9 Å². The molecule has 0 bridgehead atoms. The van der Waals surface area contributed by atoms with Crippen molar-refractivity contribution < 1.29 is 19.4 Å². The number of aliphatic hydroxyl groups excluding tert-OH is 1. The fourth-order valence-electron chi connectivity index (χ4n) is 4.68. The molecule has 2 atom stereocenters. The van der Waals surface area contributed by atoms with Gasteiger partial charge in [-0.15, -0.1) is 0 Å². The van der Waals surface area contributed by atoms with Crippen LogP contribution in [0.3, 0.4) is 0 Å². The lowest BCUT2D eigenvalue weighted by molar-refractivity contribution is -0.0513. The monoisotopic (exact) mass is 467 g/mol. The van der Waals surface area contributed by atoms with E-state index in [9.17, 15) is 9.90 Å². The first-order valence-electron chi connectivity index (χ1n) is 12.4. The van der Waals surface area contributed by atoms with Crippen LogP contribution in [0.2, 0.25) is 0 Å². The molecular weight excluding hydrogens is 430 g/mol. The molecule has 0 radical (unpaired) electrons. The minimum absolute atomic E-state index is 0.0405. The van der Waals surface area contributed by atoms with Gasteiger partial charge in [-0.3, -0.25) is 14.6 Å². The molecular formula is C27H37N3O4. The Hall–Kier alpha value is -2.29. The molecule has 184 valence electrons. The number of benzene rings is 2. The van der Waals surface area contributed by atoms with Crippen molar-refractivity contribution in [1.29, 1.82) is 0 Å². The molecule has 0 unspecified atom stereocenters. The van der Waals surface area contributed by atoms with Crippen molar-refractivity contribution in [1.82, 2.24) is 14.7 Å². The van der Waals surface area contributed by atoms with Gasteiger partial charge >= 0.3 is 0 Å². The number of β-amino-alcohol motifs (C(OH)–C–C–N with tert-alkyl or cyclic N) is 1. The fourth-order valence-corrected chi connectivity index (χ4v) is 4.68. The number of rotatable bonds is 10. The van der Waals surface area contributed by atoms with E-state index in [0.29, 0.717) is 44.8 Å². The summed E-state index contributed by atoms with van der Waals surface area (Å²) in [6, 6.07) is 19.6. The van der Waals surface area contributed by atoms with Crippen LogP contribution in [0.15, 0.2) is 60.7 Å². The number of morpholine rings is 2. The first-order valence-corrected chi connectivity index (χ1v) is 12.4. The summed E-state index contributed by atoms with van der Waals surface area (Å²) in [5, 5.41) is 10.6. The van der Waals surface area contributed by atoms with Gasteiger partial charge < -0.3 is 19.5 Å². The van der Waals surface area contributed by atoms with Gasteiger partial charge in [0, 0.05) is 57.9 Å². The highest BCUT2D eigenvalue weighted by atomic mass is 16.5. The van der Waals surface area contributed by atoms with E-state index in [4.69, 9.17) is 9.47 Å². The first kappa shape index (κ1) is 24.8. The van der Waals surface area contributed by atoms with E-state index >= 15 is 0 Å². The van der Waals surface area contributed by atoms with Crippen LogP contribution in [-0.4, -0.2) is 110 Å². The van der Waals surface area contributed by atoms with Crippen molar-refractivity contribution in [2.75, 3.05) is 72.2 Å². The summed E-state index contributed by atoms with van der Waals surface area (Å²) in [5.74, 6) is 0.0405. The van der Waals surface area contributed by atoms with Crippen molar-refractivity contribution in [3.8, 4) is 0 Å². The summed E-state index contributed by atoms with van der Waals surface area (Å²) in [7, 11) is 0. The highest BCUT2D eigenvalue weighted by Crippen LogP contribution is 2.13. The molecule has 2 aromatic rings. The van der Waals surface area contributed by atoms with Gasteiger partial charge in [-0.05, 0) is 24.1 Å². The smallest absolute Gasteiger partial charge is 0.253 e. The zero-order valence-corrected chi connectivity index (χ0v) is 19.9. The molecule has 2 aliphatic rings. The molecule has 0 aromatic heterocycles. The minimum atomic E-state index is -0.426. The number of hydrogen-bond donors (Lipinski definition) is 1. The molecule has 0 saturated carbocycles. The molecule has 2 aromatic carbocycles. The maximum Gasteiger partial charge on any atom is 0.253 e. The summed E-state index contributed by atoms with van der Waals surface area (Å²) in [4.78, 5) is 19.9. The fraction of sp³-hybridized carbons (Fsp3) is 0.519. The molecule has 2 aliphatic heterocycles. The zero-order valence-electron chi connectivity index (χ0n) is 19.9.